The summed E-state index contributed by atoms with van der Waals surface area (Å²) >= 11 is 0. The maximum Gasteiger partial charge on any atom is 0.487 e. The Morgan fingerprint density at radius 3 is 2.29 bits per heavy atom. The Kier molecular flexibility index (Phi) is 4.04. The van der Waals surface area contributed by atoms with E-state index >= 15 is 0 Å². The lowest BCUT2D eigenvalue weighted by atomic mass is 9.89. The summed E-state index contributed by atoms with van der Waals surface area (Å²) in [5.41, 5.74) is -0.0269. The first-order chi connectivity index (χ1) is 9.51. The molecule has 0 unspecified atom stereocenters. The van der Waals surface area contributed by atoms with Crippen molar-refractivity contribution >= 4 is 13.2 Å². The fourth-order valence-electron chi connectivity index (χ4n) is 2.04. The second-order valence-electron chi connectivity index (χ2n) is 7.02. The van der Waals surface area contributed by atoms with Crippen LogP contribution in [0.4, 0.5) is 0 Å². The van der Waals surface area contributed by atoms with Gasteiger partial charge in [0.2, 0.25) is 0 Å². The Bertz CT molecular complexity index is 531. The standard InChI is InChI=1S/C16H24BNO3/c1-14(2,19)13-11-12(8-10-18-13)7-9-17-20-15(3,4)16(5,6)21-17/h7-11,19H,1-6H3/b9-7+. The minimum absolute atomic E-state index is 0.335. The Morgan fingerprint density at radius 2 is 1.76 bits per heavy atom. The molecule has 2 heterocycles. The summed E-state index contributed by atoms with van der Waals surface area (Å²) in [5, 5.41) is 9.99. The van der Waals surface area contributed by atoms with Gasteiger partial charge in [-0.1, -0.05) is 12.1 Å². The minimum Gasteiger partial charge on any atom is -0.400 e. The molecule has 0 atom stereocenters. The normalized spacial score (nSPS) is 21.2. The molecule has 1 aromatic rings. The molecular weight excluding hydrogens is 265 g/mol. The predicted molar refractivity (Wildman–Crippen MR) is 84.6 cm³/mol. The zero-order valence-electron chi connectivity index (χ0n) is 13.7. The van der Waals surface area contributed by atoms with E-state index in [4.69, 9.17) is 9.31 Å². The molecule has 1 fully saturated rings. The molecule has 1 aromatic heterocycles. The van der Waals surface area contributed by atoms with Crippen molar-refractivity contribution in [2.75, 3.05) is 0 Å². The molecule has 1 saturated heterocycles. The summed E-state index contributed by atoms with van der Waals surface area (Å²) in [6, 6.07) is 3.75. The van der Waals surface area contributed by atoms with E-state index in [1.807, 2.05) is 51.9 Å². The van der Waals surface area contributed by atoms with Crippen LogP contribution in [0, 0.1) is 0 Å². The first-order valence-electron chi connectivity index (χ1n) is 7.24. The molecule has 4 nitrogen and oxygen atoms in total. The van der Waals surface area contributed by atoms with Crippen LogP contribution in [-0.2, 0) is 14.9 Å². The van der Waals surface area contributed by atoms with Crippen molar-refractivity contribution < 1.29 is 14.4 Å². The predicted octanol–water partition coefficient (Wildman–Crippen LogP) is 2.95. The summed E-state index contributed by atoms with van der Waals surface area (Å²) in [7, 11) is -0.367. The zero-order valence-corrected chi connectivity index (χ0v) is 13.7. The van der Waals surface area contributed by atoms with Gasteiger partial charge in [0.25, 0.3) is 0 Å². The Labute approximate surface area is 127 Å². The van der Waals surface area contributed by atoms with Crippen LogP contribution in [0.3, 0.4) is 0 Å². The first kappa shape index (κ1) is 16.2. The molecule has 0 spiro atoms. The monoisotopic (exact) mass is 289 g/mol. The van der Waals surface area contributed by atoms with Crippen molar-refractivity contribution in [2.45, 2.75) is 58.3 Å². The number of nitrogens with zero attached hydrogens (tertiary/aromatic N) is 1. The van der Waals surface area contributed by atoms with Crippen molar-refractivity contribution in [2.24, 2.45) is 0 Å². The molecule has 0 saturated carbocycles. The highest BCUT2D eigenvalue weighted by Gasteiger charge is 2.49. The van der Waals surface area contributed by atoms with Gasteiger partial charge in [-0.15, -0.1) is 0 Å². The van der Waals surface area contributed by atoms with E-state index < -0.39 is 5.60 Å². The molecule has 0 bridgehead atoms. The molecule has 1 N–H and O–H groups in total. The zero-order chi connectivity index (χ0) is 15.9. The maximum atomic E-state index is 9.99. The lowest BCUT2D eigenvalue weighted by Gasteiger charge is -2.32. The molecule has 1 aliphatic heterocycles. The van der Waals surface area contributed by atoms with E-state index in [0.717, 1.165) is 5.56 Å². The average Bonchev–Trinajstić information content (AvgIpc) is 2.55. The second-order valence-corrected chi connectivity index (χ2v) is 7.02. The van der Waals surface area contributed by atoms with Crippen LogP contribution in [0.5, 0.6) is 0 Å². The molecule has 0 amide bonds. The van der Waals surface area contributed by atoms with Gasteiger partial charge in [0.15, 0.2) is 0 Å². The van der Waals surface area contributed by atoms with E-state index in [1.54, 1.807) is 20.0 Å². The number of hydrogen-bond acceptors (Lipinski definition) is 4. The highest BCUT2D eigenvalue weighted by Crippen LogP contribution is 2.37. The molecule has 0 radical (unpaired) electrons. The van der Waals surface area contributed by atoms with Crippen molar-refractivity contribution in [1.82, 2.24) is 4.98 Å². The number of aliphatic hydroxyl groups is 1. The Balaban J connectivity index is 2.13. The van der Waals surface area contributed by atoms with Gasteiger partial charge in [-0.25, -0.2) is 0 Å². The van der Waals surface area contributed by atoms with Gasteiger partial charge in [-0.2, -0.15) is 0 Å². The average molecular weight is 289 g/mol. The minimum atomic E-state index is -0.950. The highest BCUT2D eigenvalue weighted by atomic mass is 16.7. The van der Waals surface area contributed by atoms with Crippen molar-refractivity contribution in [3.8, 4) is 0 Å². The van der Waals surface area contributed by atoms with Crippen LogP contribution in [0.1, 0.15) is 52.8 Å². The summed E-state index contributed by atoms with van der Waals surface area (Å²) in [4.78, 5) is 4.19. The van der Waals surface area contributed by atoms with E-state index in [-0.39, 0.29) is 18.3 Å². The van der Waals surface area contributed by atoms with Gasteiger partial charge >= 0.3 is 7.12 Å². The highest BCUT2D eigenvalue weighted by molar-refractivity contribution is 6.52. The summed E-state index contributed by atoms with van der Waals surface area (Å²) < 4.78 is 11.8. The molecule has 0 aliphatic carbocycles. The SMILES string of the molecule is CC(C)(O)c1cc(/C=C/B2OC(C)(C)C(C)(C)O2)ccn1. The summed E-state index contributed by atoms with van der Waals surface area (Å²) in [6.45, 7) is 11.5. The van der Waals surface area contributed by atoms with Gasteiger partial charge in [0.05, 0.1) is 16.9 Å². The molecule has 1 aliphatic rings. The molecule has 5 heteroatoms. The van der Waals surface area contributed by atoms with E-state index in [2.05, 4.69) is 4.98 Å². The van der Waals surface area contributed by atoms with E-state index in [0.29, 0.717) is 5.69 Å². The largest absolute Gasteiger partial charge is 0.487 e. The molecular formula is C16H24BNO3. The maximum absolute atomic E-state index is 9.99. The Morgan fingerprint density at radius 1 is 1.19 bits per heavy atom. The van der Waals surface area contributed by atoms with E-state index in [9.17, 15) is 5.11 Å². The van der Waals surface area contributed by atoms with Crippen LogP contribution >= 0.6 is 0 Å². The van der Waals surface area contributed by atoms with Gasteiger partial charge in [0, 0.05) is 6.20 Å². The lowest BCUT2D eigenvalue weighted by molar-refractivity contribution is 0.00578. The fourth-order valence-corrected chi connectivity index (χ4v) is 2.04. The van der Waals surface area contributed by atoms with Crippen molar-refractivity contribution in [1.29, 1.82) is 0 Å². The van der Waals surface area contributed by atoms with Crippen LogP contribution in [0.15, 0.2) is 24.3 Å². The van der Waals surface area contributed by atoms with Gasteiger partial charge in [-0.05, 0) is 59.2 Å². The molecule has 114 valence electrons. The Hall–Kier alpha value is -1.17. The number of rotatable bonds is 3. The van der Waals surface area contributed by atoms with E-state index in [1.165, 1.54) is 0 Å². The molecule has 21 heavy (non-hydrogen) atoms. The van der Waals surface area contributed by atoms with Crippen LogP contribution in [0.25, 0.3) is 6.08 Å². The molecule has 2 rings (SSSR count). The summed E-state index contributed by atoms with van der Waals surface area (Å²) in [6.07, 6.45) is 3.62. The number of pyridine rings is 1. The third-order valence-corrected chi connectivity index (χ3v) is 4.13. The number of aromatic nitrogens is 1. The van der Waals surface area contributed by atoms with Crippen molar-refractivity contribution in [3.05, 3.63) is 35.6 Å². The smallest absolute Gasteiger partial charge is 0.400 e. The first-order valence-corrected chi connectivity index (χ1v) is 7.24. The number of hydrogen-bond donors (Lipinski definition) is 1. The van der Waals surface area contributed by atoms with Crippen LogP contribution in [-0.4, -0.2) is 28.4 Å². The second kappa shape index (κ2) is 5.23. The lowest BCUT2D eigenvalue weighted by Crippen LogP contribution is -2.41. The quantitative estimate of drug-likeness (QED) is 0.869. The van der Waals surface area contributed by atoms with Crippen LogP contribution in [0.2, 0.25) is 0 Å². The topological polar surface area (TPSA) is 51.6 Å². The van der Waals surface area contributed by atoms with Gasteiger partial charge < -0.3 is 14.4 Å². The van der Waals surface area contributed by atoms with Gasteiger partial charge in [-0.3, -0.25) is 4.98 Å². The fraction of sp³-hybridized carbons (Fsp3) is 0.562. The third-order valence-electron chi connectivity index (χ3n) is 4.13. The third kappa shape index (κ3) is 3.54. The van der Waals surface area contributed by atoms with Crippen molar-refractivity contribution in [3.63, 3.8) is 0 Å². The summed E-state index contributed by atoms with van der Waals surface area (Å²) in [5.74, 6) is 1.89. The van der Waals surface area contributed by atoms with Crippen LogP contribution < -0.4 is 0 Å². The molecule has 0 aromatic carbocycles. The van der Waals surface area contributed by atoms with Gasteiger partial charge in [0.1, 0.15) is 5.60 Å².